The Hall–Kier alpha value is -0.980. The summed E-state index contributed by atoms with van der Waals surface area (Å²) in [6, 6.07) is 5.64. The fraction of sp³-hybridized carbons (Fsp3) is 0.750. The van der Waals surface area contributed by atoms with Gasteiger partial charge in [-0.05, 0) is 49.8 Å². The number of pyridine rings is 1. The van der Waals surface area contributed by atoms with Crippen molar-refractivity contribution >= 4 is 30.1 Å². The van der Waals surface area contributed by atoms with Crippen LogP contribution >= 0.6 is 24.2 Å². The van der Waals surface area contributed by atoms with Crippen LogP contribution in [0.2, 0.25) is 0 Å². The number of ether oxygens (including phenoxy) is 1. The number of aromatic nitrogens is 1. The molecule has 0 radical (unpaired) electrons. The van der Waals surface area contributed by atoms with Crippen molar-refractivity contribution in [2.45, 2.75) is 82.1 Å². The molecule has 3 aliphatic rings. The molecule has 4 unspecified atom stereocenters. The van der Waals surface area contributed by atoms with E-state index in [2.05, 4.69) is 17.9 Å². The molecule has 1 aromatic rings. The predicted molar refractivity (Wildman–Crippen MR) is 129 cm³/mol. The molecule has 2 aliphatic heterocycles. The number of likely N-dealkylation sites (tertiary alicyclic amines) is 1. The lowest BCUT2D eigenvalue weighted by Crippen LogP contribution is -2.47. The van der Waals surface area contributed by atoms with E-state index in [0.29, 0.717) is 23.5 Å². The van der Waals surface area contributed by atoms with Gasteiger partial charge >= 0.3 is 5.97 Å². The van der Waals surface area contributed by atoms with Crippen LogP contribution < -0.4 is 5.56 Å². The Morgan fingerprint density at radius 2 is 2.03 bits per heavy atom. The molecule has 5 nitrogen and oxygen atoms in total. The van der Waals surface area contributed by atoms with Gasteiger partial charge in [0.15, 0.2) is 0 Å². The molecular weight excluding hydrogens is 432 g/mol. The zero-order valence-electron chi connectivity index (χ0n) is 18.7. The molecule has 7 heteroatoms. The number of carbonyl (C=O) groups excluding carboxylic acids is 1. The molecule has 174 valence electrons. The van der Waals surface area contributed by atoms with Crippen LogP contribution in [0, 0.1) is 5.92 Å². The average molecular weight is 469 g/mol. The van der Waals surface area contributed by atoms with E-state index in [4.69, 9.17) is 4.74 Å². The van der Waals surface area contributed by atoms with Gasteiger partial charge in [-0.1, -0.05) is 25.8 Å². The Balaban J connectivity index is 0.00000272. The number of rotatable bonds is 8. The first kappa shape index (κ1) is 24.7. The Kier molecular flexibility index (Phi) is 9.35. The van der Waals surface area contributed by atoms with Gasteiger partial charge in [0.25, 0.3) is 5.56 Å². The van der Waals surface area contributed by atoms with Crippen LogP contribution in [0.1, 0.15) is 69.9 Å². The predicted octanol–water partition coefficient (Wildman–Crippen LogP) is 4.47. The first-order chi connectivity index (χ1) is 14.6. The molecule has 1 saturated heterocycles. The second-order valence-corrected chi connectivity index (χ2v) is 10.6. The Morgan fingerprint density at radius 3 is 2.87 bits per heavy atom. The van der Waals surface area contributed by atoms with E-state index in [-0.39, 0.29) is 30.0 Å². The molecule has 3 heterocycles. The summed E-state index contributed by atoms with van der Waals surface area (Å²) in [5.74, 6) is 2.05. The minimum atomic E-state index is -0.0321. The number of hydrogen-bond acceptors (Lipinski definition) is 5. The highest BCUT2D eigenvalue weighted by atomic mass is 35.5. The molecule has 0 aromatic carbocycles. The van der Waals surface area contributed by atoms with Crippen LogP contribution in [0.5, 0.6) is 0 Å². The first-order valence-corrected chi connectivity index (χ1v) is 12.9. The molecule has 1 saturated carbocycles. The molecule has 2 bridgehead atoms. The van der Waals surface area contributed by atoms with E-state index >= 15 is 0 Å². The van der Waals surface area contributed by atoms with E-state index in [0.717, 1.165) is 39.0 Å². The minimum Gasteiger partial charge on any atom is -0.461 e. The summed E-state index contributed by atoms with van der Waals surface area (Å²) in [6.45, 7) is 5.72. The number of carbonyl (C=O) groups is 1. The first-order valence-electron chi connectivity index (χ1n) is 11.9. The van der Waals surface area contributed by atoms with Crippen molar-refractivity contribution in [1.29, 1.82) is 0 Å². The molecule has 0 N–H and O–H groups in total. The molecule has 1 aliphatic carbocycles. The zero-order chi connectivity index (χ0) is 20.9. The van der Waals surface area contributed by atoms with E-state index in [9.17, 15) is 9.59 Å². The highest BCUT2D eigenvalue weighted by Crippen LogP contribution is 2.35. The number of thioether (sulfide) groups is 1. The normalized spacial score (nSPS) is 27.8. The number of fused-ring (bicyclic) bond motifs is 4. The van der Waals surface area contributed by atoms with Crippen LogP contribution in [0.15, 0.2) is 23.0 Å². The summed E-state index contributed by atoms with van der Waals surface area (Å²) in [5.41, 5.74) is 1.29. The third kappa shape index (κ3) is 6.29. The summed E-state index contributed by atoms with van der Waals surface area (Å²) < 4.78 is 7.92. The Bertz CT molecular complexity index is 786. The van der Waals surface area contributed by atoms with Crippen molar-refractivity contribution in [2.24, 2.45) is 5.92 Å². The van der Waals surface area contributed by atoms with Gasteiger partial charge in [-0.25, -0.2) is 0 Å². The van der Waals surface area contributed by atoms with E-state index < -0.39 is 0 Å². The van der Waals surface area contributed by atoms with Crippen LogP contribution in [0.25, 0.3) is 0 Å². The number of esters is 1. The number of piperidine rings is 1. The van der Waals surface area contributed by atoms with E-state index in [1.807, 2.05) is 22.4 Å². The molecule has 0 spiro atoms. The molecule has 0 amide bonds. The van der Waals surface area contributed by atoms with Gasteiger partial charge in [0, 0.05) is 49.1 Å². The number of nitrogens with zero attached hydrogens (tertiary/aromatic N) is 2. The topological polar surface area (TPSA) is 51.5 Å². The van der Waals surface area contributed by atoms with Gasteiger partial charge in [-0.2, -0.15) is 11.8 Å². The van der Waals surface area contributed by atoms with Gasteiger partial charge in [-0.3, -0.25) is 9.59 Å². The third-order valence-electron chi connectivity index (χ3n) is 6.94. The largest absolute Gasteiger partial charge is 0.461 e. The fourth-order valence-corrected chi connectivity index (χ4v) is 6.92. The molecule has 31 heavy (non-hydrogen) atoms. The Morgan fingerprint density at radius 1 is 1.19 bits per heavy atom. The SMILES string of the molecule is CCCCSC1CCCCC1OC(=O)CCN1CC2CC(C1)c1cccc(=O)n1C2.Cl. The quantitative estimate of drug-likeness (QED) is 0.416. The van der Waals surface area contributed by atoms with Crippen molar-refractivity contribution in [3.63, 3.8) is 0 Å². The molecule has 4 rings (SSSR count). The smallest absolute Gasteiger partial charge is 0.307 e. The second kappa shape index (κ2) is 11.8. The standard InChI is InChI=1S/C24H36N2O3S.ClH/c1-2-3-13-30-22-9-5-4-8-21(22)29-24(28)11-12-25-15-18-14-19(17-25)20-7-6-10-23(27)26(20)16-18;/h6-7,10,18-19,21-22H,2-5,8-9,11-17H2,1H3;1H. The number of hydrogen-bond donors (Lipinski definition) is 0. The second-order valence-electron chi connectivity index (χ2n) is 9.28. The lowest BCUT2D eigenvalue weighted by atomic mass is 9.83. The van der Waals surface area contributed by atoms with Crippen molar-refractivity contribution in [3.05, 3.63) is 34.2 Å². The molecule has 1 aromatic heterocycles. The highest BCUT2D eigenvalue weighted by molar-refractivity contribution is 7.99. The van der Waals surface area contributed by atoms with Crippen LogP contribution in [-0.2, 0) is 16.1 Å². The van der Waals surface area contributed by atoms with Gasteiger partial charge in [0.05, 0.1) is 6.42 Å². The zero-order valence-corrected chi connectivity index (χ0v) is 20.3. The summed E-state index contributed by atoms with van der Waals surface area (Å²) in [4.78, 5) is 27.2. The van der Waals surface area contributed by atoms with Crippen molar-refractivity contribution < 1.29 is 9.53 Å². The van der Waals surface area contributed by atoms with E-state index in [1.165, 1.54) is 43.6 Å². The maximum atomic E-state index is 12.6. The lowest BCUT2D eigenvalue weighted by molar-refractivity contribution is -0.150. The van der Waals surface area contributed by atoms with Crippen molar-refractivity contribution in [2.75, 3.05) is 25.4 Å². The number of halogens is 1. The molecule has 4 atom stereocenters. The highest BCUT2D eigenvalue weighted by Gasteiger charge is 2.35. The monoisotopic (exact) mass is 468 g/mol. The minimum absolute atomic E-state index is 0. The van der Waals surface area contributed by atoms with Crippen LogP contribution in [0.3, 0.4) is 0 Å². The summed E-state index contributed by atoms with van der Waals surface area (Å²) >= 11 is 2.01. The maximum Gasteiger partial charge on any atom is 0.307 e. The van der Waals surface area contributed by atoms with Crippen molar-refractivity contribution in [3.8, 4) is 0 Å². The Labute approximate surface area is 196 Å². The fourth-order valence-electron chi connectivity index (χ4n) is 5.42. The lowest BCUT2D eigenvalue weighted by Gasteiger charge is -2.42. The van der Waals surface area contributed by atoms with E-state index in [1.54, 1.807) is 6.07 Å². The number of unbranched alkanes of at least 4 members (excludes halogenated alkanes) is 1. The van der Waals surface area contributed by atoms with Gasteiger partial charge < -0.3 is 14.2 Å². The average Bonchev–Trinajstić information content (AvgIpc) is 2.74. The third-order valence-corrected chi connectivity index (χ3v) is 8.43. The summed E-state index contributed by atoms with van der Waals surface area (Å²) in [5, 5.41) is 0.485. The maximum absolute atomic E-state index is 12.6. The van der Waals surface area contributed by atoms with Gasteiger partial charge in [0.2, 0.25) is 0 Å². The van der Waals surface area contributed by atoms with Gasteiger partial charge in [-0.15, -0.1) is 12.4 Å². The van der Waals surface area contributed by atoms with Crippen LogP contribution in [-0.4, -0.2) is 52.2 Å². The van der Waals surface area contributed by atoms with Crippen LogP contribution in [0.4, 0.5) is 0 Å². The summed E-state index contributed by atoms with van der Waals surface area (Å²) in [7, 11) is 0. The molecular formula is C24H37ClN2O3S. The van der Waals surface area contributed by atoms with Crippen molar-refractivity contribution in [1.82, 2.24) is 9.47 Å². The molecule has 2 fully saturated rings. The summed E-state index contributed by atoms with van der Waals surface area (Å²) in [6.07, 6.45) is 8.85. The van der Waals surface area contributed by atoms with Gasteiger partial charge in [0.1, 0.15) is 6.10 Å².